The molecule has 26 heavy (non-hydrogen) atoms. The maximum atomic E-state index is 12.7. The Hall–Kier alpha value is -1.92. The van der Waals surface area contributed by atoms with Gasteiger partial charge in [0.2, 0.25) is 0 Å². The number of amides is 1. The number of hydrogen-bond acceptors (Lipinski definition) is 4. The first-order valence-electron chi connectivity index (χ1n) is 9.16. The summed E-state index contributed by atoms with van der Waals surface area (Å²) in [4.78, 5) is 12.7. The zero-order valence-corrected chi connectivity index (χ0v) is 15.8. The summed E-state index contributed by atoms with van der Waals surface area (Å²) in [6, 6.07) is 8.49. The van der Waals surface area contributed by atoms with Crippen LogP contribution in [0.2, 0.25) is 0 Å². The van der Waals surface area contributed by atoms with E-state index in [4.69, 9.17) is 5.73 Å². The van der Waals surface area contributed by atoms with E-state index in [0.717, 1.165) is 31.4 Å². The summed E-state index contributed by atoms with van der Waals surface area (Å²) in [6.07, 6.45) is 7.29. The van der Waals surface area contributed by atoms with Crippen molar-refractivity contribution in [1.82, 2.24) is 20.3 Å². The highest BCUT2D eigenvalue weighted by molar-refractivity contribution is 5.92. The number of benzene rings is 1. The predicted octanol–water partition coefficient (Wildman–Crippen LogP) is 2.63. The van der Waals surface area contributed by atoms with Crippen LogP contribution in [-0.4, -0.2) is 33.0 Å². The van der Waals surface area contributed by atoms with Crippen molar-refractivity contribution in [2.45, 2.75) is 51.1 Å². The number of carbonyl (C=O) groups excluding carboxylic acids is 1. The molecule has 1 amide bonds. The lowest BCUT2D eigenvalue weighted by Gasteiger charge is -2.45. The van der Waals surface area contributed by atoms with Crippen molar-refractivity contribution in [3.05, 3.63) is 41.7 Å². The van der Waals surface area contributed by atoms with Gasteiger partial charge in [0.05, 0.1) is 11.9 Å². The van der Waals surface area contributed by atoms with Crippen molar-refractivity contribution in [3.63, 3.8) is 0 Å². The van der Waals surface area contributed by atoms with Crippen molar-refractivity contribution < 1.29 is 4.79 Å². The van der Waals surface area contributed by atoms with E-state index in [-0.39, 0.29) is 30.4 Å². The summed E-state index contributed by atoms with van der Waals surface area (Å²) in [5.74, 6) is 0.868. The minimum Gasteiger partial charge on any atom is -0.347 e. The van der Waals surface area contributed by atoms with Crippen LogP contribution in [0.15, 0.2) is 30.5 Å². The molecule has 2 fully saturated rings. The van der Waals surface area contributed by atoms with E-state index >= 15 is 0 Å². The van der Waals surface area contributed by atoms with Crippen LogP contribution in [0, 0.1) is 18.8 Å². The number of nitrogens with one attached hydrogen (secondary N) is 1. The maximum absolute atomic E-state index is 12.7. The third-order valence-electron chi connectivity index (χ3n) is 5.70. The first kappa shape index (κ1) is 18.9. The van der Waals surface area contributed by atoms with E-state index in [1.54, 1.807) is 10.9 Å². The number of halogens is 1. The third-order valence-corrected chi connectivity index (χ3v) is 5.70. The molecule has 0 spiro atoms. The fourth-order valence-corrected chi connectivity index (χ4v) is 4.44. The van der Waals surface area contributed by atoms with Gasteiger partial charge in [-0.15, -0.1) is 17.5 Å². The zero-order chi connectivity index (χ0) is 17.4. The molecule has 0 aliphatic heterocycles. The largest absolute Gasteiger partial charge is 0.347 e. The molecule has 1 heterocycles. The Balaban J connectivity index is 0.00000196. The molecule has 6 nitrogen and oxygen atoms in total. The summed E-state index contributed by atoms with van der Waals surface area (Å²) in [7, 11) is 0. The summed E-state index contributed by atoms with van der Waals surface area (Å²) in [5.41, 5.74) is 8.62. The molecule has 0 saturated heterocycles. The number of hydrogen-bond donors (Lipinski definition) is 2. The van der Waals surface area contributed by atoms with Crippen LogP contribution in [0.5, 0.6) is 0 Å². The summed E-state index contributed by atoms with van der Waals surface area (Å²) >= 11 is 0. The molecular weight excluding hydrogens is 350 g/mol. The number of nitrogens with two attached hydrogens (primary N) is 1. The van der Waals surface area contributed by atoms with E-state index in [0.29, 0.717) is 17.5 Å². The molecule has 2 saturated carbocycles. The molecule has 2 aliphatic carbocycles. The lowest BCUT2D eigenvalue weighted by molar-refractivity contribution is 0.0751. The Morgan fingerprint density at radius 1 is 1.19 bits per heavy atom. The summed E-state index contributed by atoms with van der Waals surface area (Å²) < 4.78 is 1.64. The topological polar surface area (TPSA) is 85.8 Å². The van der Waals surface area contributed by atoms with Crippen LogP contribution in [0.3, 0.4) is 0 Å². The fourth-order valence-electron chi connectivity index (χ4n) is 4.44. The van der Waals surface area contributed by atoms with E-state index in [2.05, 4.69) is 15.6 Å². The van der Waals surface area contributed by atoms with Crippen LogP contribution in [0.25, 0.3) is 5.69 Å². The van der Waals surface area contributed by atoms with Gasteiger partial charge < -0.3 is 11.1 Å². The molecule has 3 N–H and O–H groups in total. The predicted molar refractivity (Wildman–Crippen MR) is 103 cm³/mol. The monoisotopic (exact) mass is 375 g/mol. The first-order chi connectivity index (χ1) is 12.1. The highest BCUT2D eigenvalue weighted by Crippen LogP contribution is 2.39. The number of fused-ring (bicyclic) bond motifs is 2. The molecule has 1 aromatic heterocycles. The van der Waals surface area contributed by atoms with E-state index in [9.17, 15) is 4.79 Å². The normalized spacial score (nSPS) is 27.5. The van der Waals surface area contributed by atoms with Crippen molar-refractivity contribution in [2.24, 2.45) is 17.6 Å². The van der Waals surface area contributed by atoms with Gasteiger partial charge in [-0.2, -0.15) is 0 Å². The number of aryl methyl sites for hydroxylation is 1. The molecule has 2 aromatic rings. The maximum Gasteiger partial charge on any atom is 0.273 e. The first-order valence-corrected chi connectivity index (χ1v) is 9.16. The van der Waals surface area contributed by atoms with Gasteiger partial charge in [-0.1, -0.05) is 29.3 Å². The second-order valence-corrected chi connectivity index (χ2v) is 7.57. The highest BCUT2D eigenvalue weighted by atomic mass is 35.5. The van der Waals surface area contributed by atoms with Gasteiger partial charge >= 0.3 is 0 Å². The minimum absolute atomic E-state index is 0. The zero-order valence-electron chi connectivity index (χ0n) is 15.0. The Morgan fingerprint density at radius 3 is 2.50 bits per heavy atom. The third kappa shape index (κ3) is 3.76. The van der Waals surface area contributed by atoms with Crippen LogP contribution in [0.4, 0.5) is 0 Å². The van der Waals surface area contributed by atoms with Gasteiger partial charge in [-0.05, 0) is 56.6 Å². The number of nitrogens with zero attached hydrogens (tertiary/aromatic N) is 3. The van der Waals surface area contributed by atoms with Gasteiger partial charge in [0.15, 0.2) is 5.69 Å². The lowest BCUT2D eigenvalue weighted by Crippen LogP contribution is -2.53. The molecule has 7 heteroatoms. The number of aromatic nitrogens is 3. The van der Waals surface area contributed by atoms with Crippen LogP contribution >= 0.6 is 12.4 Å². The molecule has 2 unspecified atom stereocenters. The standard InChI is InChI=1S/C19H25N5O.ClH/c1-12-5-7-16(8-6-12)24-11-17(22-23-24)19(25)21-18-13-3-2-4-14(18)10-15(20)9-13;/h5-8,11,13-15,18H,2-4,9-10,20H2,1H3,(H,21,25);1H. The number of rotatable bonds is 3. The van der Waals surface area contributed by atoms with E-state index in [1.165, 1.54) is 12.0 Å². The smallest absolute Gasteiger partial charge is 0.273 e. The SMILES string of the molecule is Cc1ccc(-n2cc(C(=O)NC3C4CCCC3CC(N)C4)nn2)cc1.Cl. The van der Waals surface area contributed by atoms with Crippen LogP contribution < -0.4 is 11.1 Å². The Labute approximate surface area is 159 Å². The van der Waals surface area contributed by atoms with Gasteiger partial charge in [-0.25, -0.2) is 4.68 Å². The summed E-state index contributed by atoms with van der Waals surface area (Å²) in [6.45, 7) is 2.04. The summed E-state index contributed by atoms with van der Waals surface area (Å²) in [5, 5.41) is 11.4. The molecule has 2 atom stereocenters. The second kappa shape index (κ2) is 7.76. The molecule has 0 radical (unpaired) electrons. The van der Waals surface area contributed by atoms with Crippen LogP contribution in [0.1, 0.15) is 48.2 Å². The molecular formula is C19H26ClN5O. The molecule has 140 valence electrons. The fraction of sp³-hybridized carbons (Fsp3) is 0.526. The van der Waals surface area contributed by atoms with Gasteiger partial charge in [0.25, 0.3) is 5.91 Å². The molecule has 1 aromatic carbocycles. The van der Waals surface area contributed by atoms with Crippen LogP contribution in [-0.2, 0) is 0 Å². The Kier molecular flexibility index (Phi) is 5.63. The second-order valence-electron chi connectivity index (χ2n) is 7.57. The van der Waals surface area contributed by atoms with Gasteiger partial charge in [-0.3, -0.25) is 4.79 Å². The van der Waals surface area contributed by atoms with Gasteiger partial charge in [0.1, 0.15) is 0 Å². The molecule has 2 bridgehead atoms. The Morgan fingerprint density at radius 2 is 1.85 bits per heavy atom. The molecule has 4 rings (SSSR count). The minimum atomic E-state index is -0.129. The highest BCUT2D eigenvalue weighted by Gasteiger charge is 2.40. The molecule has 2 aliphatic rings. The quantitative estimate of drug-likeness (QED) is 0.863. The Bertz CT molecular complexity index is 746. The lowest BCUT2D eigenvalue weighted by atomic mass is 9.67. The van der Waals surface area contributed by atoms with Crippen molar-refractivity contribution in [3.8, 4) is 5.69 Å². The number of carbonyl (C=O) groups is 1. The van der Waals surface area contributed by atoms with Crippen molar-refractivity contribution in [2.75, 3.05) is 0 Å². The van der Waals surface area contributed by atoms with E-state index in [1.807, 2.05) is 31.2 Å². The average molecular weight is 376 g/mol. The van der Waals surface area contributed by atoms with E-state index < -0.39 is 0 Å². The van der Waals surface area contributed by atoms with Crippen molar-refractivity contribution in [1.29, 1.82) is 0 Å². The van der Waals surface area contributed by atoms with Crippen molar-refractivity contribution >= 4 is 18.3 Å². The average Bonchev–Trinajstić information content (AvgIpc) is 3.06. The van der Waals surface area contributed by atoms with Gasteiger partial charge in [0, 0.05) is 12.1 Å².